The molecule has 0 N–H and O–H groups in total. The van der Waals surface area contributed by atoms with E-state index in [2.05, 4.69) is 41.5 Å². The molecule has 0 spiro atoms. The van der Waals surface area contributed by atoms with Gasteiger partial charge in [-0.25, -0.2) is 0 Å². The lowest BCUT2D eigenvalue weighted by Crippen LogP contribution is -2.63. The van der Waals surface area contributed by atoms with Gasteiger partial charge in [-0.3, -0.25) is 28.8 Å². The summed E-state index contributed by atoms with van der Waals surface area (Å²) in [5.41, 5.74) is -2.73. The van der Waals surface area contributed by atoms with Crippen LogP contribution in [0.15, 0.2) is 0 Å². The van der Waals surface area contributed by atoms with Crippen LogP contribution in [-0.4, -0.2) is 69.4 Å². The van der Waals surface area contributed by atoms with Gasteiger partial charge in [0.05, 0.1) is 34.0 Å². The number of hydrogen-bond acceptors (Lipinski definition) is 12. The van der Waals surface area contributed by atoms with E-state index in [4.69, 9.17) is 28.4 Å². The third kappa shape index (κ3) is 34.5. The largest absolute Gasteiger partial charge is 0.460 e. The molecule has 8 fully saturated rings. The van der Waals surface area contributed by atoms with Crippen LogP contribution in [0.2, 0.25) is 0 Å². The van der Waals surface area contributed by atoms with Crippen molar-refractivity contribution < 1.29 is 57.2 Å². The fourth-order valence-electron chi connectivity index (χ4n) is 13.5. The fraction of sp³-hybridized carbons (Fsp3) is 0.931. The third-order valence-electron chi connectivity index (χ3n) is 21.8. The average molecular weight is 1420 g/mol. The van der Waals surface area contributed by atoms with Gasteiger partial charge < -0.3 is 28.4 Å². The zero-order chi connectivity index (χ0) is 69.4. The van der Waals surface area contributed by atoms with Crippen molar-refractivity contribution in [1.29, 1.82) is 0 Å². The number of esters is 6. The predicted octanol–water partition coefficient (Wildman–Crippen LogP) is 26.7. The Balaban J connectivity index is -0.000000120. The number of carbonyl (C=O) groups is 6. The standard InChI is InChI=1S/C19H32O2.C18H30O2.C11H22O2.2C10H20O2.C9H18O2.10CH4/c1-6-18(4,5)17(20)21-19(12(2)3)15-8-13-7-14(10-15)11-16(19)9-13;1-5-12(4)17(19)20-18(11(2)3)15-7-13-6-14(9-15)10-16(18)8-13;1-7-10(3,4)9(12)13-11(5,6)8-2;1-7-10(5,6)8(11)12-9(2,3)4;1-6-8(3)9(11)12-10(4,5)7-2;1-6-7(2)8(10)11-9(3,4)5;;;;;;;;;;/h12-16H,6-11H2,1-5H3;11-16H,5-10H2,1-4H3;7-8H2,1-6H3;7H2,1-6H3;8H,6-7H2,1-5H3;7H,6H2,1-5H3;10*1H4. The van der Waals surface area contributed by atoms with Gasteiger partial charge in [0.15, 0.2) is 0 Å². The summed E-state index contributed by atoms with van der Waals surface area (Å²) in [4.78, 5) is 70.9. The molecule has 8 aliphatic carbocycles. The molecule has 0 aliphatic heterocycles. The van der Waals surface area contributed by atoms with E-state index < -0.39 is 0 Å². The van der Waals surface area contributed by atoms with Gasteiger partial charge in [-0.2, -0.15) is 0 Å². The second-order valence-electron chi connectivity index (χ2n) is 34.1. The number of ether oxygens (including phenoxy) is 6. The second-order valence-corrected chi connectivity index (χ2v) is 34.1. The zero-order valence-corrected chi connectivity index (χ0v) is 63.6. The van der Waals surface area contributed by atoms with Crippen LogP contribution in [0.3, 0.4) is 0 Å². The van der Waals surface area contributed by atoms with Crippen LogP contribution in [0.25, 0.3) is 0 Å². The third-order valence-corrected chi connectivity index (χ3v) is 21.8. The molecule has 0 aromatic heterocycles. The maximum Gasteiger partial charge on any atom is 0.312 e. The molecule has 3 atom stereocenters. The summed E-state index contributed by atoms with van der Waals surface area (Å²) in [5, 5.41) is 0. The van der Waals surface area contributed by atoms with Crippen LogP contribution in [-0.2, 0) is 57.2 Å². The maximum atomic E-state index is 12.8. The second kappa shape index (κ2) is 48.0. The van der Waals surface area contributed by atoms with Crippen LogP contribution in [0.1, 0.15) is 404 Å². The monoisotopic (exact) mass is 1420 g/mol. The molecule has 8 saturated carbocycles. The highest BCUT2D eigenvalue weighted by molar-refractivity contribution is 5.77. The summed E-state index contributed by atoms with van der Waals surface area (Å²) in [6.45, 7) is 61.8. The molecule has 8 bridgehead atoms. The number of carbonyl (C=O) groups excluding carboxylic acids is 6. The zero-order valence-electron chi connectivity index (χ0n) is 63.6. The molecule has 602 valence electrons. The molecular formula is C87H182O12. The predicted molar refractivity (Wildman–Crippen MR) is 432 cm³/mol. The van der Waals surface area contributed by atoms with Gasteiger partial charge in [0.2, 0.25) is 0 Å². The Morgan fingerprint density at radius 2 is 0.535 bits per heavy atom. The molecular weight excluding hydrogens is 1240 g/mol. The maximum absolute atomic E-state index is 12.8. The molecule has 8 rings (SSSR count). The summed E-state index contributed by atoms with van der Waals surface area (Å²) in [7, 11) is 0. The molecule has 99 heavy (non-hydrogen) atoms. The molecule has 0 heterocycles. The van der Waals surface area contributed by atoms with E-state index in [1.54, 1.807) is 0 Å². The summed E-state index contributed by atoms with van der Waals surface area (Å²) < 4.78 is 33.8. The summed E-state index contributed by atoms with van der Waals surface area (Å²) >= 11 is 0. The number of hydrogen-bond donors (Lipinski definition) is 0. The van der Waals surface area contributed by atoms with Crippen LogP contribution in [0.4, 0.5) is 0 Å². The van der Waals surface area contributed by atoms with Crippen LogP contribution in [0.5, 0.6) is 0 Å². The average Bonchev–Trinajstić information content (AvgIpc) is 0.728. The van der Waals surface area contributed by atoms with Crippen molar-refractivity contribution in [1.82, 2.24) is 0 Å². The molecule has 0 aromatic carbocycles. The van der Waals surface area contributed by atoms with Gasteiger partial charge in [-0.05, 0) is 286 Å². The molecule has 0 radical (unpaired) electrons. The topological polar surface area (TPSA) is 158 Å². The van der Waals surface area contributed by atoms with E-state index in [1.807, 2.05) is 173 Å². The van der Waals surface area contributed by atoms with Gasteiger partial charge in [0.1, 0.15) is 33.6 Å². The highest BCUT2D eigenvalue weighted by Crippen LogP contribution is 2.63. The van der Waals surface area contributed by atoms with Gasteiger partial charge >= 0.3 is 35.8 Å². The first-order chi connectivity index (χ1) is 40.5. The summed E-state index contributed by atoms with van der Waals surface area (Å²) in [6.07, 6.45) is 20.0. The molecule has 12 nitrogen and oxygen atoms in total. The van der Waals surface area contributed by atoms with Crippen LogP contribution >= 0.6 is 0 Å². The Morgan fingerprint density at radius 3 is 0.778 bits per heavy atom. The van der Waals surface area contributed by atoms with Crippen molar-refractivity contribution in [3.8, 4) is 0 Å². The Morgan fingerprint density at radius 1 is 0.303 bits per heavy atom. The minimum absolute atomic E-state index is 0. The van der Waals surface area contributed by atoms with E-state index in [0.29, 0.717) is 35.5 Å². The van der Waals surface area contributed by atoms with E-state index >= 15 is 0 Å². The van der Waals surface area contributed by atoms with E-state index in [-0.39, 0.29) is 178 Å². The first kappa shape index (κ1) is 117. The normalized spacial score (nSPS) is 24.2. The Bertz CT molecular complexity index is 2140. The smallest absolute Gasteiger partial charge is 0.312 e. The quantitative estimate of drug-likeness (QED) is 0.0840. The molecule has 12 heteroatoms. The van der Waals surface area contributed by atoms with Gasteiger partial charge in [0, 0.05) is 0 Å². The molecule has 0 amide bonds. The van der Waals surface area contributed by atoms with Gasteiger partial charge in [-0.15, -0.1) is 0 Å². The van der Waals surface area contributed by atoms with Crippen LogP contribution in [0, 0.1) is 93.2 Å². The number of rotatable bonds is 20. The van der Waals surface area contributed by atoms with Gasteiger partial charge in [-0.1, -0.05) is 178 Å². The Kier molecular flexibility index (Phi) is 56.8. The van der Waals surface area contributed by atoms with Crippen LogP contribution < -0.4 is 0 Å². The Labute approximate surface area is 621 Å². The first-order valence-corrected chi connectivity index (χ1v) is 35.9. The highest BCUT2D eigenvalue weighted by atomic mass is 16.6. The molecule has 8 aliphatic rings. The minimum Gasteiger partial charge on any atom is -0.460 e. The minimum atomic E-state index is -0.372. The lowest BCUT2D eigenvalue weighted by atomic mass is 9.47. The molecule has 3 unspecified atom stereocenters. The van der Waals surface area contributed by atoms with Crippen molar-refractivity contribution in [3.05, 3.63) is 0 Å². The summed E-state index contributed by atoms with van der Waals surface area (Å²) in [5.74, 6) is 6.84. The fourth-order valence-corrected chi connectivity index (χ4v) is 13.5. The molecule has 0 aromatic rings. The van der Waals surface area contributed by atoms with Crippen molar-refractivity contribution in [3.63, 3.8) is 0 Å². The van der Waals surface area contributed by atoms with Crippen molar-refractivity contribution in [2.24, 2.45) is 93.2 Å². The lowest BCUT2D eigenvalue weighted by molar-refractivity contribution is -0.231. The summed E-state index contributed by atoms with van der Waals surface area (Å²) in [6, 6.07) is 0. The van der Waals surface area contributed by atoms with Crippen molar-refractivity contribution in [2.75, 3.05) is 0 Å². The highest BCUT2D eigenvalue weighted by Gasteiger charge is 2.62. The lowest BCUT2D eigenvalue weighted by Gasteiger charge is -2.62. The van der Waals surface area contributed by atoms with Crippen molar-refractivity contribution >= 4 is 35.8 Å². The van der Waals surface area contributed by atoms with E-state index in [1.165, 1.54) is 64.2 Å². The van der Waals surface area contributed by atoms with E-state index in [0.717, 1.165) is 75.0 Å². The molecule has 0 saturated heterocycles. The van der Waals surface area contributed by atoms with Crippen molar-refractivity contribution in [2.45, 2.75) is 438 Å². The SMILES string of the molecule is C.C.C.C.C.C.C.C.C.C.CCC(C)(C)C(=O)OC(C)(C)C.CCC(C)(C)C(=O)OC1(C(C)C)C2CC3CC(C2)CC1C3.CCC(C)(C)OC(=O)C(C)(C)CC.CCC(C)C(=O)OC(C)(C)C.CCC(C)C(=O)OC(C)(C)CC.CCC(C)C(=O)OC1(C(C)C)C2CC3CC(C2)CC1C3. The first-order valence-electron chi connectivity index (χ1n) is 35.9. The van der Waals surface area contributed by atoms with E-state index in [9.17, 15) is 28.8 Å². The van der Waals surface area contributed by atoms with Gasteiger partial charge in [0.25, 0.3) is 0 Å². The Hall–Kier alpha value is -3.18.